The third-order valence-electron chi connectivity index (χ3n) is 3.42. The van der Waals surface area contributed by atoms with Crippen molar-refractivity contribution in [2.24, 2.45) is 4.99 Å². The number of rotatable bonds is 7. The zero-order valence-electron chi connectivity index (χ0n) is 14.4. The van der Waals surface area contributed by atoms with Crippen molar-refractivity contribution in [2.75, 3.05) is 33.5 Å². The molecule has 1 atom stereocenters. The maximum atomic E-state index is 6.04. The van der Waals surface area contributed by atoms with Gasteiger partial charge in [-0.15, -0.1) is 24.0 Å². The van der Waals surface area contributed by atoms with Crippen LogP contribution in [0.4, 0.5) is 0 Å². The smallest absolute Gasteiger partial charge is 0.191 e. The molecule has 1 aromatic rings. The summed E-state index contributed by atoms with van der Waals surface area (Å²) in [6, 6.07) is 7.72. The molecule has 4 nitrogen and oxygen atoms in total. The molecule has 0 saturated carbocycles. The van der Waals surface area contributed by atoms with E-state index in [0.717, 1.165) is 18.1 Å². The van der Waals surface area contributed by atoms with Crippen molar-refractivity contribution in [1.29, 1.82) is 0 Å². The highest BCUT2D eigenvalue weighted by atomic mass is 127. The molecule has 0 aromatic heterocycles. The van der Waals surface area contributed by atoms with E-state index in [9.17, 15) is 0 Å². The van der Waals surface area contributed by atoms with Crippen molar-refractivity contribution in [3.8, 4) is 0 Å². The van der Waals surface area contributed by atoms with Gasteiger partial charge in [0.2, 0.25) is 0 Å². The highest BCUT2D eigenvalue weighted by Crippen LogP contribution is 2.20. The van der Waals surface area contributed by atoms with Crippen molar-refractivity contribution in [2.45, 2.75) is 24.7 Å². The Hall–Kier alpha value is -0.180. The van der Waals surface area contributed by atoms with E-state index >= 15 is 0 Å². The predicted molar refractivity (Wildman–Crippen MR) is 114 cm³/mol. The Morgan fingerprint density at radius 3 is 2.61 bits per heavy atom. The molecule has 0 amide bonds. The van der Waals surface area contributed by atoms with Gasteiger partial charge >= 0.3 is 0 Å². The van der Waals surface area contributed by atoms with Crippen LogP contribution in [-0.4, -0.2) is 44.2 Å². The lowest BCUT2D eigenvalue weighted by Crippen LogP contribution is -2.44. The summed E-state index contributed by atoms with van der Waals surface area (Å²) in [6.45, 7) is 5.85. The zero-order chi connectivity index (χ0) is 16.6. The maximum Gasteiger partial charge on any atom is 0.191 e. The third kappa shape index (κ3) is 8.47. The molecule has 0 saturated heterocycles. The van der Waals surface area contributed by atoms with Crippen LogP contribution >= 0.6 is 47.3 Å². The van der Waals surface area contributed by atoms with Gasteiger partial charge in [-0.3, -0.25) is 4.99 Å². The lowest BCUT2D eigenvalue weighted by molar-refractivity contribution is 0.106. The van der Waals surface area contributed by atoms with Crippen LogP contribution in [0.1, 0.15) is 25.5 Å². The number of benzene rings is 1. The fraction of sp³-hybridized carbons (Fsp3) is 0.562. The normalized spacial score (nSPS) is 13.2. The van der Waals surface area contributed by atoms with Crippen molar-refractivity contribution >= 4 is 53.3 Å². The minimum atomic E-state index is -0.0780. The standard InChI is InChI=1S/C16H26ClN3OS.HI/c1-16(2,22-5)11-20-15(18-3)19-10-14(21-4)12-7-6-8-13(17)9-12;/h6-9,14H,10-11H2,1-5H3,(H2,18,19,20);1H. The first-order valence-electron chi connectivity index (χ1n) is 7.20. The monoisotopic (exact) mass is 471 g/mol. The largest absolute Gasteiger partial charge is 0.375 e. The fourth-order valence-corrected chi connectivity index (χ4v) is 2.24. The lowest BCUT2D eigenvalue weighted by atomic mass is 10.1. The second kappa shape index (κ2) is 11.4. The average Bonchev–Trinajstić information content (AvgIpc) is 2.51. The number of nitrogens with one attached hydrogen (secondary N) is 2. The van der Waals surface area contributed by atoms with E-state index < -0.39 is 0 Å². The van der Waals surface area contributed by atoms with Gasteiger partial charge in [-0.2, -0.15) is 11.8 Å². The van der Waals surface area contributed by atoms with Crippen LogP contribution in [0.5, 0.6) is 0 Å². The van der Waals surface area contributed by atoms with E-state index in [1.165, 1.54) is 0 Å². The van der Waals surface area contributed by atoms with Gasteiger partial charge < -0.3 is 15.4 Å². The van der Waals surface area contributed by atoms with Crippen LogP contribution in [0.3, 0.4) is 0 Å². The van der Waals surface area contributed by atoms with Crippen molar-refractivity contribution in [3.05, 3.63) is 34.9 Å². The topological polar surface area (TPSA) is 45.7 Å². The SMILES string of the molecule is CN=C(NCC(OC)c1cccc(Cl)c1)NCC(C)(C)SC.I. The van der Waals surface area contributed by atoms with Gasteiger partial charge in [0, 0.05) is 37.0 Å². The molecule has 1 unspecified atom stereocenters. The van der Waals surface area contributed by atoms with Crippen LogP contribution in [0, 0.1) is 0 Å². The van der Waals surface area contributed by atoms with Crippen LogP contribution in [0.2, 0.25) is 5.02 Å². The second-order valence-corrected chi connectivity index (χ2v) is 7.50. The second-order valence-electron chi connectivity index (χ2n) is 5.55. The number of hydrogen-bond donors (Lipinski definition) is 2. The Kier molecular flexibility index (Phi) is 11.3. The van der Waals surface area contributed by atoms with E-state index in [0.29, 0.717) is 11.6 Å². The minimum absolute atomic E-state index is 0. The molecular formula is C16H27ClIN3OS. The first-order valence-corrected chi connectivity index (χ1v) is 8.80. The Balaban J connectivity index is 0.00000484. The molecule has 1 aromatic carbocycles. The number of hydrogen-bond acceptors (Lipinski definition) is 3. The third-order valence-corrected chi connectivity index (χ3v) is 4.90. The summed E-state index contributed by atoms with van der Waals surface area (Å²) in [5, 5.41) is 7.35. The molecule has 132 valence electrons. The van der Waals surface area contributed by atoms with E-state index in [-0.39, 0.29) is 34.8 Å². The Morgan fingerprint density at radius 2 is 2.09 bits per heavy atom. The zero-order valence-corrected chi connectivity index (χ0v) is 18.3. The van der Waals surface area contributed by atoms with Crippen LogP contribution in [0.15, 0.2) is 29.3 Å². The molecule has 7 heteroatoms. The number of aliphatic imine (C=N–C) groups is 1. The summed E-state index contributed by atoms with van der Waals surface area (Å²) in [5.41, 5.74) is 1.04. The van der Waals surface area contributed by atoms with Gasteiger partial charge in [0.25, 0.3) is 0 Å². The van der Waals surface area contributed by atoms with Crippen molar-refractivity contribution in [1.82, 2.24) is 10.6 Å². The molecule has 0 aliphatic heterocycles. The number of methoxy groups -OCH3 is 1. The molecule has 0 fully saturated rings. The number of nitrogens with zero attached hydrogens (tertiary/aromatic N) is 1. The number of halogens is 2. The van der Waals surface area contributed by atoms with Gasteiger partial charge in [-0.1, -0.05) is 23.7 Å². The number of thioether (sulfide) groups is 1. The van der Waals surface area contributed by atoms with Gasteiger partial charge in [-0.25, -0.2) is 0 Å². The molecule has 0 aliphatic carbocycles. The molecule has 23 heavy (non-hydrogen) atoms. The first kappa shape index (κ1) is 22.8. The summed E-state index contributed by atoms with van der Waals surface area (Å²) in [7, 11) is 3.46. The maximum absolute atomic E-state index is 6.04. The Bertz CT molecular complexity index is 500. The summed E-state index contributed by atoms with van der Waals surface area (Å²) in [5.74, 6) is 0.770. The Morgan fingerprint density at radius 1 is 1.39 bits per heavy atom. The van der Waals surface area contributed by atoms with E-state index in [1.54, 1.807) is 14.2 Å². The molecular weight excluding hydrogens is 445 g/mol. The number of ether oxygens (including phenoxy) is 1. The van der Waals surface area contributed by atoms with Crippen LogP contribution < -0.4 is 10.6 Å². The predicted octanol–water partition coefficient (Wildman–Crippen LogP) is 3.95. The van der Waals surface area contributed by atoms with E-state index in [2.05, 4.69) is 35.7 Å². The highest BCUT2D eigenvalue weighted by Gasteiger charge is 2.17. The van der Waals surface area contributed by atoms with Gasteiger partial charge in [0.05, 0.1) is 6.10 Å². The molecule has 0 bridgehead atoms. The quantitative estimate of drug-likeness (QED) is 0.359. The first-order chi connectivity index (χ1) is 10.4. The van der Waals surface area contributed by atoms with E-state index in [4.69, 9.17) is 16.3 Å². The molecule has 0 radical (unpaired) electrons. The molecule has 0 heterocycles. The minimum Gasteiger partial charge on any atom is -0.375 e. The highest BCUT2D eigenvalue weighted by molar-refractivity contribution is 14.0. The van der Waals surface area contributed by atoms with Gasteiger partial charge in [0.1, 0.15) is 0 Å². The Labute approximate surface area is 166 Å². The molecule has 0 spiro atoms. The molecule has 2 N–H and O–H groups in total. The number of guanidine groups is 1. The summed E-state index contributed by atoms with van der Waals surface area (Å²) >= 11 is 7.86. The summed E-state index contributed by atoms with van der Waals surface area (Å²) < 4.78 is 5.70. The van der Waals surface area contributed by atoms with Crippen LogP contribution in [-0.2, 0) is 4.74 Å². The fourth-order valence-electron chi connectivity index (χ4n) is 1.82. The summed E-state index contributed by atoms with van der Waals surface area (Å²) in [6.07, 6.45) is 2.03. The average molecular weight is 472 g/mol. The lowest BCUT2D eigenvalue weighted by Gasteiger charge is -2.24. The molecule has 1 rings (SSSR count). The van der Waals surface area contributed by atoms with Crippen LogP contribution in [0.25, 0.3) is 0 Å². The van der Waals surface area contributed by atoms with Crippen molar-refractivity contribution in [3.63, 3.8) is 0 Å². The van der Waals surface area contributed by atoms with E-state index in [1.807, 2.05) is 36.0 Å². The molecule has 0 aliphatic rings. The van der Waals surface area contributed by atoms with Gasteiger partial charge in [-0.05, 0) is 37.8 Å². The van der Waals surface area contributed by atoms with Crippen molar-refractivity contribution < 1.29 is 4.74 Å². The van der Waals surface area contributed by atoms with Gasteiger partial charge in [0.15, 0.2) is 5.96 Å². The summed E-state index contributed by atoms with van der Waals surface area (Å²) in [4.78, 5) is 4.25.